The van der Waals surface area contributed by atoms with E-state index in [1.54, 1.807) is 0 Å². The number of imide groups is 1. The second kappa shape index (κ2) is 8.34. The summed E-state index contributed by atoms with van der Waals surface area (Å²) < 4.78 is 59.9. The number of amides is 2. The zero-order chi connectivity index (χ0) is 23.1. The van der Waals surface area contributed by atoms with Crippen molar-refractivity contribution in [2.45, 2.75) is 26.9 Å². The maximum atomic E-state index is 15.0. The summed E-state index contributed by atoms with van der Waals surface area (Å²) in [6, 6.07) is 0.672. The standard InChI is InChI=1S/C17H13BrClF4N3O4/c1-6(27)26(7(2)28)14-11(10(20)5-9(19)15(14)30-8(3)29)13-12(18)16(17(21,22)23)25(4)24-13/h5H,1-4H3. The van der Waals surface area contributed by atoms with Crippen molar-refractivity contribution in [3.8, 4) is 17.0 Å². The molecule has 0 atom stereocenters. The Morgan fingerprint density at radius 2 is 1.73 bits per heavy atom. The second-order valence-corrected chi connectivity index (χ2v) is 7.19. The lowest BCUT2D eigenvalue weighted by molar-refractivity contribution is -0.144. The van der Waals surface area contributed by atoms with E-state index in [1.807, 2.05) is 0 Å². The predicted octanol–water partition coefficient (Wildman–Crippen LogP) is 4.49. The first-order chi connectivity index (χ1) is 13.7. The Morgan fingerprint density at radius 1 is 1.20 bits per heavy atom. The van der Waals surface area contributed by atoms with Crippen LogP contribution in [0.5, 0.6) is 5.75 Å². The average Bonchev–Trinajstić information content (AvgIpc) is 2.84. The lowest BCUT2D eigenvalue weighted by Gasteiger charge is -2.24. The fraction of sp³-hybridized carbons (Fsp3) is 0.294. The van der Waals surface area contributed by atoms with Crippen LogP contribution < -0.4 is 9.64 Å². The van der Waals surface area contributed by atoms with Gasteiger partial charge in [-0.15, -0.1) is 0 Å². The lowest BCUT2D eigenvalue weighted by Crippen LogP contribution is -2.34. The molecule has 0 spiro atoms. The van der Waals surface area contributed by atoms with E-state index in [9.17, 15) is 31.9 Å². The maximum Gasteiger partial charge on any atom is 0.434 e. The Kier molecular flexibility index (Phi) is 6.62. The molecule has 0 N–H and O–H groups in total. The number of ether oxygens (including phenoxy) is 1. The molecular formula is C17H13BrClF4N3O4. The number of rotatable bonds is 3. The van der Waals surface area contributed by atoms with Crippen LogP contribution in [0.3, 0.4) is 0 Å². The third-order valence-corrected chi connectivity index (χ3v) is 4.79. The summed E-state index contributed by atoms with van der Waals surface area (Å²) in [4.78, 5) is 36.2. The van der Waals surface area contributed by atoms with Gasteiger partial charge >= 0.3 is 12.1 Å². The summed E-state index contributed by atoms with van der Waals surface area (Å²) in [5.74, 6) is -4.58. The molecule has 0 aliphatic rings. The zero-order valence-electron chi connectivity index (χ0n) is 15.8. The minimum atomic E-state index is -4.86. The molecular weight excluding hydrogens is 502 g/mol. The molecule has 0 saturated heterocycles. The SMILES string of the molecule is CC(=O)Oc1c(Cl)cc(F)c(-c2nn(C)c(C(F)(F)F)c2Br)c1N(C(C)=O)C(C)=O. The van der Waals surface area contributed by atoms with Crippen molar-refractivity contribution in [1.29, 1.82) is 0 Å². The van der Waals surface area contributed by atoms with Crippen molar-refractivity contribution in [3.63, 3.8) is 0 Å². The molecule has 1 aromatic carbocycles. The van der Waals surface area contributed by atoms with Crippen LogP contribution in [0.1, 0.15) is 26.5 Å². The fourth-order valence-corrected chi connectivity index (χ4v) is 3.75. The molecule has 162 valence electrons. The lowest BCUT2D eigenvalue weighted by atomic mass is 10.1. The maximum absolute atomic E-state index is 15.0. The number of alkyl halides is 3. The van der Waals surface area contributed by atoms with Crippen LogP contribution in [-0.4, -0.2) is 27.6 Å². The molecule has 30 heavy (non-hydrogen) atoms. The molecule has 0 saturated carbocycles. The van der Waals surface area contributed by atoms with Crippen molar-refractivity contribution in [2.24, 2.45) is 7.05 Å². The summed E-state index contributed by atoms with van der Waals surface area (Å²) in [6.07, 6.45) is -4.86. The first-order valence-electron chi connectivity index (χ1n) is 8.00. The molecule has 1 aromatic heterocycles. The second-order valence-electron chi connectivity index (χ2n) is 5.99. The van der Waals surface area contributed by atoms with Gasteiger partial charge in [-0.2, -0.15) is 18.3 Å². The third-order valence-electron chi connectivity index (χ3n) is 3.75. The van der Waals surface area contributed by atoms with Crippen LogP contribution in [0.25, 0.3) is 11.3 Å². The molecule has 0 aliphatic heterocycles. The molecule has 0 radical (unpaired) electrons. The van der Waals surface area contributed by atoms with Crippen molar-refractivity contribution in [2.75, 3.05) is 4.90 Å². The molecule has 2 rings (SSSR count). The summed E-state index contributed by atoms with van der Waals surface area (Å²) in [6.45, 7) is 2.89. The van der Waals surface area contributed by atoms with Gasteiger partial charge in [-0.1, -0.05) is 11.6 Å². The van der Waals surface area contributed by atoms with Gasteiger partial charge in [0.2, 0.25) is 11.8 Å². The molecule has 2 aromatic rings. The normalized spacial score (nSPS) is 11.4. The highest BCUT2D eigenvalue weighted by atomic mass is 79.9. The number of hydrogen-bond acceptors (Lipinski definition) is 5. The highest BCUT2D eigenvalue weighted by Crippen LogP contribution is 2.48. The molecule has 13 heteroatoms. The summed E-state index contributed by atoms with van der Waals surface area (Å²) >= 11 is 8.72. The van der Waals surface area contributed by atoms with Gasteiger partial charge in [0.15, 0.2) is 11.4 Å². The largest absolute Gasteiger partial charge is 0.434 e. The van der Waals surface area contributed by atoms with Crippen LogP contribution in [0.4, 0.5) is 23.2 Å². The van der Waals surface area contributed by atoms with Crippen molar-refractivity contribution < 1.29 is 36.7 Å². The van der Waals surface area contributed by atoms with E-state index < -0.39 is 67.7 Å². The van der Waals surface area contributed by atoms with Crippen LogP contribution in [0.15, 0.2) is 10.5 Å². The van der Waals surface area contributed by atoms with E-state index in [1.165, 1.54) is 0 Å². The Labute approximate surface area is 180 Å². The van der Waals surface area contributed by atoms with Crippen molar-refractivity contribution in [3.05, 3.63) is 27.1 Å². The highest BCUT2D eigenvalue weighted by molar-refractivity contribution is 9.10. The monoisotopic (exact) mass is 513 g/mol. The van der Waals surface area contributed by atoms with Gasteiger partial charge in [-0.25, -0.2) is 9.29 Å². The number of benzene rings is 1. The van der Waals surface area contributed by atoms with Crippen LogP contribution in [0.2, 0.25) is 5.02 Å². The smallest absolute Gasteiger partial charge is 0.423 e. The van der Waals surface area contributed by atoms with Crippen molar-refractivity contribution in [1.82, 2.24) is 9.78 Å². The Hall–Kier alpha value is -2.47. The molecule has 0 aliphatic carbocycles. The van der Waals surface area contributed by atoms with E-state index in [0.29, 0.717) is 15.6 Å². The van der Waals surface area contributed by atoms with E-state index in [2.05, 4.69) is 21.0 Å². The van der Waals surface area contributed by atoms with Crippen LogP contribution in [-0.2, 0) is 27.6 Å². The average molecular weight is 515 g/mol. The molecule has 0 fully saturated rings. The number of carbonyl (C=O) groups is 3. The summed E-state index contributed by atoms with van der Waals surface area (Å²) in [7, 11) is 0.977. The van der Waals surface area contributed by atoms with Gasteiger partial charge in [-0.05, 0) is 22.0 Å². The van der Waals surface area contributed by atoms with Gasteiger partial charge in [0, 0.05) is 27.8 Å². The van der Waals surface area contributed by atoms with Gasteiger partial charge < -0.3 is 4.74 Å². The number of carbonyl (C=O) groups excluding carboxylic acids is 3. The first kappa shape index (κ1) is 23.8. The number of aromatic nitrogens is 2. The fourth-order valence-electron chi connectivity index (χ4n) is 2.77. The minimum Gasteiger partial charge on any atom is -0.423 e. The number of aryl methyl sites for hydroxylation is 1. The Bertz CT molecular complexity index is 1050. The number of esters is 1. The molecule has 1 heterocycles. The van der Waals surface area contributed by atoms with Gasteiger partial charge in [0.1, 0.15) is 17.2 Å². The number of nitrogens with zero attached hydrogens (tertiary/aromatic N) is 3. The van der Waals surface area contributed by atoms with Gasteiger partial charge in [-0.3, -0.25) is 19.1 Å². The molecule has 0 unspecified atom stereocenters. The van der Waals surface area contributed by atoms with E-state index in [0.717, 1.165) is 27.8 Å². The number of halogens is 6. The first-order valence-corrected chi connectivity index (χ1v) is 9.17. The summed E-state index contributed by atoms with van der Waals surface area (Å²) in [5, 5.41) is 3.21. The Balaban J connectivity index is 3.05. The number of anilines is 1. The van der Waals surface area contributed by atoms with Crippen LogP contribution in [0, 0.1) is 5.82 Å². The molecule has 0 bridgehead atoms. The molecule has 2 amide bonds. The summed E-state index contributed by atoms with van der Waals surface area (Å²) in [5.41, 5.74) is -3.18. The van der Waals surface area contributed by atoms with Crippen molar-refractivity contribution >= 4 is 51.0 Å². The third kappa shape index (κ3) is 4.33. The number of hydrogen-bond donors (Lipinski definition) is 0. The van der Waals surface area contributed by atoms with E-state index in [-0.39, 0.29) is 0 Å². The van der Waals surface area contributed by atoms with Crippen LogP contribution >= 0.6 is 27.5 Å². The molecule has 7 nitrogen and oxygen atoms in total. The topological polar surface area (TPSA) is 81.5 Å². The Morgan fingerprint density at radius 3 is 2.13 bits per heavy atom. The zero-order valence-corrected chi connectivity index (χ0v) is 18.2. The van der Waals surface area contributed by atoms with Gasteiger partial charge in [0.25, 0.3) is 0 Å². The van der Waals surface area contributed by atoms with E-state index >= 15 is 0 Å². The predicted molar refractivity (Wildman–Crippen MR) is 101 cm³/mol. The minimum absolute atomic E-state index is 0.428. The van der Waals surface area contributed by atoms with Gasteiger partial charge in [0.05, 0.1) is 15.1 Å². The van der Waals surface area contributed by atoms with E-state index in [4.69, 9.17) is 16.3 Å². The highest BCUT2D eigenvalue weighted by Gasteiger charge is 2.41. The quantitative estimate of drug-likeness (QED) is 0.343.